The molecule has 0 radical (unpaired) electrons. The molecule has 2 heterocycles. The van der Waals surface area contributed by atoms with Crippen molar-refractivity contribution in [1.82, 2.24) is 0 Å². The van der Waals surface area contributed by atoms with Crippen LogP contribution in [0.25, 0.3) is 16.3 Å². The molecule has 3 aromatic rings. The number of rotatable bonds is 10. The van der Waals surface area contributed by atoms with Gasteiger partial charge in [0.1, 0.15) is 4.70 Å². The molecule has 4 heteroatoms. The van der Waals surface area contributed by atoms with Gasteiger partial charge < -0.3 is 4.90 Å². The van der Waals surface area contributed by atoms with Crippen molar-refractivity contribution < 1.29 is 4.57 Å². The molecule has 248 valence electrons. The monoisotopic (exact) mass is 663 g/mol. The average molecular weight is 664 g/mol. The minimum absolute atomic E-state index is 0.253. The molecule has 1 fully saturated rings. The first-order chi connectivity index (χ1) is 22.6. The lowest BCUT2D eigenvalue weighted by Gasteiger charge is -2.36. The Labute approximate surface area is 293 Å². The molecular formula is C43H55N2S2+. The molecule has 1 unspecified atom stereocenters. The summed E-state index contributed by atoms with van der Waals surface area (Å²) in [5.74, 6) is 0.572. The summed E-state index contributed by atoms with van der Waals surface area (Å²) < 4.78 is 3.93. The van der Waals surface area contributed by atoms with E-state index in [0.29, 0.717) is 11.3 Å². The van der Waals surface area contributed by atoms with Crippen LogP contribution in [0.5, 0.6) is 0 Å². The number of fused-ring (bicyclic) bond motifs is 2. The summed E-state index contributed by atoms with van der Waals surface area (Å²) in [4.78, 5) is 3.99. The normalized spacial score (nSPS) is 23.4. The van der Waals surface area contributed by atoms with Gasteiger partial charge in [0.05, 0.1) is 10.7 Å². The average Bonchev–Trinajstić information content (AvgIpc) is 3.54. The first kappa shape index (κ1) is 34.1. The van der Waals surface area contributed by atoms with Gasteiger partial charge in [0.15, 0.2) is 6.54 Å². The largest absolute Gasteiger partial charge is 0.335 e. The minimum Gasteiger partial charge on any atom is -0.335 e. The van der Waals surface area contributed by atoms with Gasteiger partial charge in [-0.1, -0.05) is 138 Å². The highest BCUT2D eigenvalue weighted by Gasteiger charge is 2.32. The number of unbranched alkanes of at least 4 members (excludes halogenated alkanes) is 2. The molecule has 6 rings (SSSR count). The molecule has 0 amide bonds. The zero-order valence-electron chi connectivity index (χ0n) is 29.6. The third-order valence-corrected chi connectivity index (χ3v) is 12.1. The van der Waals surface area contributed by atoms with Crippen molar-refractivity contribution in [3.63, 3.8) is 0 Å². The first-order valence-electron chi connectivity index (χ1n) is 18.1. The van der Waals surface area contributed by atoms with E-state index in [2.05, 4.69) is 136 Å². The molecule has 0 N–H and O–H groups in total. The Morgan fingerprint density at radius 1 is 0.915 bits per heavy atom. The smallest absolute Gasteiger partial charge is 0.263 e. The fourth-order valence-corrected chi connectivity index (χ4v) is 10.3. The van der Waals surface area contributed by atoms with E-state index < -0.39 is 0 Å². The molecule has 1 atom stereocenters. The van der Waals surface area contributed by atoms with Crippen LogP contribution in [0.4, 0.5) is 5.69 Å². The molecule has 0 bridgehead atoms. The van der Waals surface area contributed by atoms with E-state index in [0.717, 1.165) is 32.4 Å². The summed E-state index contributed by atoms with van der Waals surface area (Å²) in [7, 11) is 0. The van der Waals surface area contributed by atoms with Gasteiger partial charge in [-0.15, -0.1) is 0 Å². The van der Waals surface area contributed by atoms with Crippen LogP contribution >= 0.6 is 23.1 Å². The van der Waals surface area contributed by atoms with Gasteiger partial charge >= 0.3 is 0 Å². The number of aromatic nitrogens is 1. The number of para-hydroxylation sites is 2. The first-order valence-corrected chi connectivity index (χ1v) is 19.7. The number of benzene rings is 2. The Morgan fingerprint density at radius 3 is 2.53 bits per heavy atom. The predicted octanol–water partition coefficient (Wildman–Crippen LogP) is 12.7. The van der Waals surface area contributed by atoms with Crippen molar-refractivity contribution in [3.05, 3.63) is 106 Å². The summed E-state index contributed by atoms with van der Waals surface area (Å²) in [5, 5.41) is 2.83. The maximum Gasteiger partial charge on any atom is 0.263 e. The molecule has 1 aromatic heterocycles. The van der Waals surface area contributed by atoms with E-state index >= 15 is 0 Å². The number of hydrogen-bond acceptors (Lipinski definition) is 3. The maximum absolute atomic E-state index is 2.61. The van der Waals surface area contributed by atoms with Crippen LogP contribution in [0.2, 0.25) is 0 Å². The number of anilines is 1. The number of thiazole rings is 1. The Morgan fingerprint density at radius 2 is 1.70 bits per heavy atom. The van der Waals surface area contributed by atoms with Crippen molar-refractivity contribution >= 4 is 45.1 Å². The van der Waals surface area contributed by atoms with Crippen LogP contribution < -0.4 is 9.47 Å². The highest BCUT2D eigenvalue weighted by atomic mass is 32.2. The lowest BCUT2D eigenvalue weighted by Crippen LogP contribution is -2.35. The van der Waals surface area contributed by atoms with Gasteiger partial charge in [0, 0.05) is 30.0 Å². The maximum atomic E-state index is 2.61. The van der Waals surface area contributed by atoms with E-state index in [1.54, 1.807) is 5.57 Å². The van der Waals surface area contributed by atoms with Crippen molar-refractivity contribution in [2.75, 3.05) is 11.4 Å². The highest BCUT2D eigenvalue weighted by molar-refractivity contribution is 8.03. The van der Waals surface area contributed by atoms with Gasteiger partial charge in [0.25, 0.3) is 5.01 Å². The second-order valence-corrected chi connectivity index (χ2v) is 17.8. The van der Waals surface area contributed by atoms with Crippen molar-refractivity contribution in [1.29, 1.82) is 0 Å². The van der Waals surface area contributed by atoms with Gasteiger partial charge in [-0.3, -0.25) is 0 Å². The lowest BCUT2D eigenvalue weighted by molar-refractivity contribution is -0.669. The quantitative estimate of drug-likeness (QED) is 0.199. The molecule has 3 aliphatic rings. The Balaban J connectivity index is 1.22. The van der Waals surface area contributed by atoms with E-state index in [1.165, 1.54) is 80.5 Å². The molecule has 2 aromatic carbocycles. The summed E-state index contributed by atoms with van der Waals surface area (Å²) >= 11 is 3.91. The molecule has 0 spiro atoms. The summed E-state index contributed by atoms with van der Waals surface area (Å²) in [6.45, 7) is 16.6. The van der Waals surface area contributed by atoms with Gasteiger partial charge in [-0.2, -0.15) is 4.57 Å². The fraction of sp³-hybridized carbons (Fsp3) is 0.465. The minimum atomic E-state index is 0.253. The van der Waals surface area contributed by atoms with Crippen LogP contribution in [0, 0.1) is 16.7 Å². The zero-order valence-corrected chi connectivity index (χ0v) is 31.3. The highest BCUT2D eigenvalue weighted by Crippen LogP contribution is 2.49. The van der Waals surface area contributed by atoms with Crippen molar-refractivity contribution in [2.45, 2.75) is 111 Å². The van der Waals surface area contributed by atoms with Crippen LogP contribution in [-0.4, -0.2) is 6.54 Å². The van der Waals surface area contributed by atoms with E-state index in [-0.39, 0.29) is 5.41 Å². The third kappa shape index (κ3) is 8.43. The van der Waals surface area contributed by atoms with Gasteiger partial charge in [-0.25, -0.2) is 0 Å². The summed E-state index contributed by atoms with van der Waals surface area (Å²) in [5.41, 5.74) is 7.83. The molecular weight excluding hydrogens is 609 g/mol. The molecule has 47 heavy (non-hydrogen) atoms. The second kappa shape index (κ2) is 14.7. The summed E-state index contributed by atoms with van der Waals surface area (Å²) in [6.07, 6.45) is 25.5. The number of thioether (sulfide) groups is 1. The third-order valence-electron chi connectivity index (χ3n) is 9.85. The van der Waals surface area contributed by atoms with Crippen molar-refractivity contribution in [2.24, 2.45) is 16.7 Å². The summed E-state index contributed by atoms with van der Waals surface area (Å²) in [6, 6.07) is 17.9. The zero-order chi connectivity index (χ0) is 33.0. The Kier molecular flexibility index (Phi) is 10.7. The number of nitrogens with zero attached hydrogens (tertiary/aromatic N) is 2. The van der Waals surface area contributed by atoms with Gasteiger partial charge in [-0.05, 0) is 84.6 Å². The number of allylic oxidation sites excluding steroid dienone is 8. The Bertz CT molecular complexity index is 1730. The SMILES string of the molecule is CCCCN1/C(=C/C2C/C(=C/C=C/C3=CC(=C/c4sc5ccccc5[n+]4CCCC)/CC(C)(C)C3)CC(C)(C)C2)Sc2ccccc21. The van der Waals surface area contributed by atoms with E-state index in [9.17, 15) is 0 Å². The van der Waals surface area contributed by atoms with Crippen LogP contribution in [-0.2, 0) is 6.54 Å². The molecule has 2 aliphatic carbocycles. The standard InChI is InChI=1S/C43H55N2S2/c1-7-9-22-44-36-18-11-13-20-38(36)46-40(44)26-34-24-32(28-42(3,4)30-34)16-15-17-33-25-35(31-43(5,6)29-33)27-41-45(23-10-8-2)37-19-12-14-21-39(37)47-41/h11-21,24,26-27,35H,7-10,22-23,25,28-31H2,1-6H3/q+1/b16-15+,33-17-,34-26-,41-27-. The van der Waals surface area contributed by atoms with Crippen LogP contribution in [0.3, 0.4) is 0 Å². The van der Waals surface area contributed by atoms with Crippen molar-refractivity contribution in [3.8, 4) is 0 Å². The van der Waals surface area contributed by atoms with Gasteiger partial charge in [0.2, 0.25) is 5.52 Å². The molecule has 1 saturated carbocycles. The van der Waals surface area contributed by atoms with E-state index in [4.69, 9.17) is 0 Å². The predicted molar refractivity (Wildman–Crippen MR) is 207 cm³/mol. The number of hydrogen-bond donors (Lipinski definition) is 0. The second-order valence-electron chi connectivity index (χ2n) is 15.6. The van der Waals surface area contributed by atoms with Crippen LogP contribution in [0.15, 0.2) is 106 Å². The Hall–Kier alpha value is -2.82. The lowest BCUT2D eigenvalue weighted by atomic mass is 9.70. The topological polar surface area (TPSA) is 7.12 Å². The molecule has 1 aliphatic heterocycles. The fourth-order valence-electron chi connectivity index (χ4n) is 7.93. The van der Waals surface area contributed by atoms with Crippen LogP contribution in [0.1, 0.15) is 104 Å². The molecule has 2 nitrogen and oxygen atoms in total. The van der Waals surface area contributed by atoms with E-state index in [1.807, 2.05) is 23.1 Å². The number of aryl methyl sites for hydroxylation is 1. The molecule has 0 saturated heterocycles.